The van der Waals surface area contributed by atoms with Gasteiger partial charge in [-0.2, -0.15) is 0 Å². The second-order valence-corrected chi connectivity index (χ2v) is 7.78. The highest BCUT2D eigenvalue weighted by Gasteiger charge is 2.34. The van der Waals surface area contributed by atoms with E-state index in [9.17, 15) is 14.4 Å². The van der Waals surface area contributed by atoms with E-state index in [0.717, 1.165) is 11.1 Å². The monoisotopic (exact) mass is 467 g/mol. The summed E-state index contributed by atoms with van der Waals surface area (Å²) in [5, 5.41) is 13.2. The predicted octanol–water partition coefficient (Wildman–Crippen LogP) is 3.26. The van der Waals surface area contributed by atoms with Crippen molar-refractivity contribution >= 4 is 23.8 Å². The van der Waals surface area contributed by atoms with Crippen molar-refractivity contribution in [3.8, 4) is 16.9 Å². The zero-order chi connectivity index (χ0) is 24.5. The van der Waals surface area contributed by atoms with Crippen LogP contribution in [-0.2, 0) is 19.1 Å². The van der Waals surface area contributed by atoms with E-state index in [2.05, 4.69) is 10.6 Å². The topological polar surface area (TPSA) is 127 Å². The van der Waals surface area contributed by atoms with Crippen LogP contribution in [0.4, 0.5) is 4.79 Å². The van der Waals surface area contributed by atoms with Crippen LogP contribution in [0, 0.1) is 11.3 Å². The van der Waals surface area contributed by atoms with Crippen molar-refractivity contribution in [2.75, 3.05) is 19.8 Å². The molecular formula is C25H29N3O6. The third-order valence-corrected chi connectivity index (χ3v) is 5.32. The first-order valence-corrected chi connectivity index (χ1v) is 11.2. The first-order valence-electron chi connectivity index (χ1n) is 11.2. The summed E-state index contributed by atoms with van der Waals surface area (Å²) in [5.41, 5.74) is 2.48. The summed E-state index contributed by atoms with van der Waals surface area (Å²) in [6.07, 6.45) is -0.0386. The van der Waals surface area contributed by atoms with Gasteiger partial charge in [0.25, 0.3) is 0 Å². The molecule has 9 heteroatoms. The Hall–Kier alpha value is -3.88. The van der Waals surface area contributed by atoms with E-state index in [-0.39, 0.29) is 42.7 Å². The van der Waals surface area contributed by atoms with Gasteiger partial charge in [0.15, 0.2) is 0 Å². The fourth-order valence-corrected chi connectivity index (χ4v) is 3.65. The quantitative estimate of drug-likeness (QED) is 0.295. The number of hydrogen-bond acceptors (Lipinski definition) is 7. The number of alkyl carbamates (subject to hydrolysis) is 1. The van der Waals surface area contributed by atoms with Gasteiger partial charge in [0.2, 0.25) is 5.91 Å². The molecule has 1 heterocycles. The lowest BCUT2D eigenvalue weighted by Crippen LogP contribution is -2.31. The van der Waals surface area contributed by atoms with Crippen molar-refractivity contribution in [2.45, 2.75) is 32.7 Å². The minimum atomic E-state index is -0.654. The molecule has 3 rings (SSSR count). The minimum absolute atomic E-state index is 0.0303. The van der Waals surface area contributed by atoms with E-state index in [4.69, 9.17) is 19.6 Å². The van der Waals surface area contributed by atoms with Crippen LogP contribution < -0.4 is 15.4 Å². The Morgan fingerprint density at radius 2 is 1.62 bits per heavy atom. The molecule has 3 N–H and O–H groups in total. The van der Waals surface area contributed by atoms with Crippen LogP contribution in [0.25, 0.3) is 11.1 Å². The molecule has 0 aromatic heterocycles. The van der Waals surface area contributed by atoms with Crippen molar-refractivity contribution < 1.29 is 28.6 Å². The van der Waals surface area contributed by atoms with Crippen LogP contribution in [0.1, 0.15) is 32.3 Å². The van der Waals surface area contributed by atoms with E-state index < -0.39 is 6.09 Å². The number of benzene rings is 2. The largest absolute Gasteiger partial charge is 0.491 e. The summed E-state index contributed by atoms with van der Waals surface area (Å²) >= 11 is 0. The Kier molecular flexibility index (Phi) is 8.61. The lowest BCUT2D eigenvalue weighted by molar-refractivity contribution is -0.145. The molecule has 2 aromatic rings. The van der Waals surface area contributed by atoms with Crippen molar-refractivity contribution in [1.82, 2.24) is 10.6 Å². The van der Waals surface area contributed by atoms with Crippen LogP contribution in [0.2, 0.25) is 0 Å². The van der Waals surface area contributed by atoms with Crippen molar-refractivity contribution in [3.05, 3.63) is 54.1 Å². The summed E-state index contributed by atoms with van der Waals surface area (Å²) in [5.74, 6) is -0.251. The summed E-state index contributed by atoms with van der Waals surface area (Å²) in [4.78, 5) is 35.2. The van der Waals surface area contributed by atoms with Crippen LogP contribution in [-0.4, -0.2) is 49.7 Å². The van der Waals surface area contributed by atoms with Crippen LogP contribution in [0.3, 0.4) is 0 Å². The van der Waals surface area contributed by atoms with Crippen molar-refractivity contribution in [1.29, 1.82) is 5.41 Å². The first kappa shape index (κ1) is 24.8. The molecule has 0 spiro atoms. The average Bonchev–Trinajstić information content (AvgIpc) is 3.17. The number of esters is 1. The van der Waals surface area contributed by atoms with Crippen molar-refractivity contribution in [2.24, 2.45) is 5.92 Å². The number of carbonyl (C=O) groups excluding carboxylic acids is 3. The second-order valence-electron chi connectivity index (χ2n) is 7.78. The Morgan fingerprint density at radius 1 is 1.00 bits per heavy atom. The maximum absolute atomic E-state index is 12.1. The predicted molar refractivity (Wildman–Crippen MR) is 126 cm³/mol. The third kappa shape index (κ3) is 6.81. The number of ether oxygens (including phenoxy) is 3. The average molecular weight is 468 g/mol. The second kappa shape index (κ2) is 11.8. The number of hydrogen-bond donors (Lipinski definition) is 3. The molecule has 1 aliphatic rings. The number of amidine groups is 1. The number of nitrogens with one attached hydrogen (secondary N) is 3. The van der Waals surface area contributed by atoms with Gasteiger partial charge < -0.3 is 19.5 Å². The zero-order valence-corrected chi connectivity index (χ0v) is 19.3. The van der Waals surface area contributed by atoms with Gasteiger partial charge in [-0.1, -0.05) is 36.4 Å². The van der Waals surface area contributed by atoms with E-state index in [1.165, 1.54) is 0 Å². The first-order chi connectivity index (χ1) is 16.4. The summed E-state index contributed by atoms with van der Waals surface area (Å²) < 4.78 is 15.5. The fourth-order valence-electron chi connectivity index (χ4n) is 3.65. The molecule has 9 nitrogen and oxygen atoms in total. The van der Waals surface area contributed by atoms with E-state index in [1.807, 2.05) is 36.4 Å². The van der Waals surface area contributed by atoms with Gasteiger partial charge in [-0.25, -0.2) is 4.79 Å². The Balaban J connectivity index is 1.50. The Labute approximate surface area is 198 Å². The van der Waals surface area contributed by atoms with Crippen LogP contribution in [0.5, 0.6) is 5.75 Å². The van der Waals surface area contributed by atoms with Crippen LogP contribution in [0.15, 0.2) is 48.5 Å². The van der Waals surface area contributed by atoms with Gasteiger partial charge in [0.1, 0.15) is 18.2 Å². The molecule has 0 saturated carbocycles. The van der Waals surface area contributed by atoms with Crippen LogP contribution >= 0.6 is 0 Å². The minimum Gasteiger partial charge on any atom is -0.491 e. The van der Waals surface area contributed by atoms with E-state index in [0.29, 0.717) is 30.9 Å². The summed E-state index contributed by atoms with van der Waals surface area (Å²) in [7, 11) is 0. The molecule has 180 valence electrons. The third-order valence-electron chi connectivity index (χ3n) is 5.32. The van der Waals surface area contributed by atoms with E-state index >= 15 is 0 Å². The molecule has 34 heavy (non-hydrogen) atoms. The van der Waals surface area contributed by atoms with Gasteiger partial charge in [0, 0.05) is 5.56 Å². The summed E-state index contributed by atoms with van der Waals surface area (Å²) in [6, 6.07) is 14.6. The number of amides is 2. The lowest BCUT2D eigenvalue weighted by Gasteiger charge is -2.13. The number of rotatable bonds is 9. The van der Waals surface area contributed by atoms with Crippen molar-refractivity contribution in [3.63, 3.8) is 0 Å². The van der Waals surface area contributed by atoms with Gasteiger partial charge in [0.05, 0.1) is 31.6 Å². The normalized spacial score (nSPS) is 16.9. The highest BCUT2D eigenvalue weighted by Crippen LogP contribution is 2.24. The fraction of sp³-hybridized carbons (Fsp3) is 0.360. The molecule has 1 saturated heterocycles. The van der Waals surface area contributed by atoms with Gasteiger partial charge >= 0.3 is 12.1 Å². The Bertz CT molecular complexity index is 1020. The molecular weight excluding hydrogens is 438 g/mol. The molecule has 0 unspecified atom stereocenters. The lowest BCUT2D eigenvalue weighted by atomic mass is 10.0. The molecule has 0 radical (unpaired) electrons. The maximum atomic E-state index is 12.1. The molecule has 1 fully saturated rings. The molecule has 2 aromatic carbocycles. The standard InChI is InChI=1S/C25H29N3O6/c1-3-32-22(29)14-19-13-20(27-24(19)30)15-34-21-11-9-17(10-12-21)16-5-7-18(8-6-16)23(26)28-25(31)33-4-2/h5-12,19-20H,3-4,13-15H2,1-2H3,(H,27,30)(H2,26,28,31)/t19-,20-/m0/s1. The molecule has 2 atom stereocenters. The van der Waals surface area contributed by atoms with Gasteiger partial charge in [-0.3, -0.25) is 20.3 Å². The highest BCUT2D eigenvalue weighted by atomic mass is 16.5. The van der Waals surface area contributed by atoms with E-state index in [1.54, 1.807) is 26.0 Å². The molecule has 0 aliphatic carbocycles. The maximum Gasteiger partial charge on any atom is 0.412 e. The van der Waals surface area contributed by atoms with Gasteiger partial charge in [-0.15, -0.1) is 0 Å². The molecule has 0 bridgehead atoms. The molecule has 1 aliphatic heterocycles. The van der Waals surface area contributed by atoms with Gasteiger partial charge in [-0.05, 0) is 43.5 Å². The molecule has 2 amide bonds. The Morgan fingerprint density at radius 3 is 2.24 bits per heavy atom. The summed E-state index contributed by atoms with van der Waals surface area (Å²) in [6.45, 7) is 4.29. The SMILES string of the molecule is CCOC(=O)C[C@@H]1C[C@@H](COc2ccc(-c3ccc(C(=N)NC(=O)OCC)cc3)cc2)NC1=O. The smallest absolute Gasteiger partial charge is 0.412 e. The zero-order valence-electron chi connectivity index (χ0n) is 19.3. The highest BCUT2D eigenvalue weighted by molar-refractivity contribution is 6.04. The number of carbonyl (C=O) groups is 3.